The second kappa shape index (κ2) is 5.55. The molecule has 0 fully saturated rings. The van der Waals surface area contributed by atoms with Crippen LogP contribution in [0.2, 0.25) is 0 Å². The highest BCUT2D eigenvalue weighted by Gasteiger charge is 2.27. The third-order valence-electron chi connectivity index (χ3n) is 2.88. The number of nitrogens with one attached hydrogen (secondary N) is 1. The maximum absolute atomic E-state index is 11.8. The molecule has 2 N–H and O–H groups in total. The fourth-order valence-electron chi connectivity index (χ4n) is 1.43. The number of carbonyl (C=O) groups is 1. The van der Waals surface area contributed by atoms with E-state index >= 15 is 0 Å². The van der Waals surface area contributed by atoms with Gasteiger partial charge in [-0.1, -0.05) is 13.8 Å². The predicted octanol–water partition coefficient (Wildman–Crippen LogP) is 0.757. The van der Waals surface area contributed by atoms with Crippen molar-refractivity contribution in [3.8, 4) is 0 Å². The molecule has 0 aliphatic heterocycles. The molecule has 5 nitrogen and oxygen atoms in total. The average molecular weight is 223 g/mol. The first-order chi connectivity index (χ1) is 7.67. The fraction of sp³-hybridized carbons (Fsp3) is 0.545. The molecule has 0 unspecified atom stereocenters. The minimum atomic E-state index is -0.541. The summed E-state index contributed by atoms with van der Waals surface area (Å²) in [6.45, 7) is 3.81. The Hall–Kier alpha value is -1.49. The zero-order chi connectivity index (χ0) is 12.0. The lowest BCUT2D eigenvalue weighted by atomic mass is 9.93. The van der Waals surface area contributed by atoms with E-state index in [0.29, 0.717) is 18.4 Å². The van der Waals surface area contributed by atoms with Crippen molar-refractivity contribution in [2.24, 2.45) is 0 Å². The van der Waals surface area contributed by atoms with E-state index in [2.05, 4.69) is 15.5 Å². The van der Waals surface area contributed by atoms with Gasteiger partial charge >= 0.3 is 0 Å². The van der Waals surface area contributed by atoms with Crippen molar-refractivity contribution in [1.82, 2.24) is 15.5 Å². The predicted molar refractivity (Wildman–Crippen MR) is 59.9 cm³/mol. The molecule has 1 aromatic rings. The van der Waals surface area contributed by atoms with E-state index in [4.69, 9.17) is 0 Å². The molecule has 0 aromatic carbocycles. The van der Waals surface area contributed by atoms with E-state index in [1.165, 1.54) is 12.4 Å². The van der Waals surface area contributed by atoms with Crippen molar-refractivity contribution in [3.05, 3.63) is 24.0 Å². The highest BCUT2D eigenvalue weighted by atomic mass is 16.3. The van der Waals surface area contributed by atoms with Crippen LogP contribution in [-0.4, -0.2) is 33.4 Å². The number of aliphatic hydroxyl groups is 1. The van der Waals surface area contributed by atoms with Gasteiger partial charge in [0, 0.05) is 0 Å². The Kier molecular flexibility index (Phi) is 4.37. The largest absolute Gasteiger partial charge is 0.394 e. The van der Waals surface area contributed by atoms with Gasteiger partial charge in [0.15, 0.2) is 0 Å². The Balaban J connectivity index is 2.77. The Morgan fingerprint density at radius 2 is 2.12 bits per heavy atom. The Morgan fingerprint density at radius 1 is 1.44 bits per heavy atom. The van der Waals surface area contributed by atoms with E-state index in [-0.39, 0.29) is 12.5 Å². The van der Waals surface area contributed by atoms with Gasteiger partial charge in [0.2, 0.25) is 0 Å². The number of amides is 1. The van der Waals surface area contributed by atoms with Gasteiger partial charge in [-0.3, -0.25) is 4.79 Å². The van der Waals surface area contributed by atoms with Crippen LogP contribution in [0.25, 0.3) is 0 Å². The lowest BCUT2D eigenvalue weighted by Gasteiger charge is -2.30. The zero-order valence-electron chi connectivity index (χ0n) is 9.60. The Bertz CT molecular complexity index is 328. The quantitative estimate of drug-likeness (QED) is 0.772. The minimum Gasteiger partial charge on any atom is -0.394 e. The van der Waals surface area contributed by atoms with Crippen LogP contribution in [0.1, 0.15) is 37.0 Å². The standard InChI is InChI=1S/C11H17N3O2/c1-3-11(4-2,8-15)14-10(16)9-5-6-12-13-7-9/h5-7,15H,3-4,8H2,1-2H3,(H,14,16). The number of nitrogens with zero attached hydrogens (tertiary/aromatic N) is 2. The smallest absolute Gasteiger partial charge is 0.253 e. The van der Waals surface area contributed by atoms with Crippen molar-refractivity contribution in [2.45, 2.75) is 32.2 Å². The van der Waals surface area contributed by atoms with Crippen LogP contribution < -0.4 is 5.32 Å². The molecule has 88 valence electrons. The second-order valence-electron chi connectivity index (χ2n) is 3.73. The summed E-state index contributed by atoms with van der Waals surface area (Å²) in [5.74, 6) is -0.229. The van der Waals surface area contributed by atoms with E-state index in [1.54, 1.807) is 6.07 Å². The number of hydrogen-bond donors (Lipinski definition) is 2. The maximum Gasteiger partial charge on any atom is 0.253 e. The lowest BCUT2D eigenvalue weighted by Crippen LogP contribution is -2.50. The molecule has 0 saturated carbocycles. The summed E-state index contributed by atoms with van der Waals surface area (Å²) in [7, 11) is 0. The van der Waals surface area contributed by atoms with Crippen LogP contribution in [0, 0.1) is 0 Å². The first-order valence-electron chi connectivity index (χ1n) is 5.37. The van der Waals surface area contributed by atoms with Crippen molar-refractivity contribution in [1.29, 1.82) is 0 Å². The summed E-state index contributed by atoms with van der Waals surface area (Å²) in [6, 6.07) is 1.59. The third-order valence-corrected chi connectivity index (χ3v) is 2.88. The van der Waals surface area contributed by atoms with Crippen LogP contribution in [0.4, 0.5) is 0 Å². The molecule has 5 heteroatoms. The summed E-state index contributed by atoms with van der Waals surface area (Å²) >= 11 is 0. The number of aliphatic hydroxyl groups excluding tert-OH is 1. The first kappa shape index (κ1) is 12.6. The molecule has 0 bridgehead atoms. The van der Waals surface area contributed by atoms with Gasteiger partial charge < -0.3 is 10.4 Å². The van der Waals surface area contributed by atoms with Crippen molar-refractivity contribution < 1.29 is 9.90 Å². The van der Waals surface area contributed by atoms with Crippen LogP contribution >= 0.6 is 0 Å². The number of carbonyl (C=O) groups excluding carboxylic acids is 1. The Labute approximate surface area is 94.9 Å². The van der Waals surface area contributed by atoms with E-state index in [0.717, 1.165) is 0 Å². The van der Waals surface area contributed by atoms with E-state index < -0.39 is 5.54 Å². The maximum atomic E-state index is 11.8. The van der Waals surface area contributed by atoms with Gasteiger partial charge in [0.05, 0.1) is 30.1 Å². The zero-order valence-corrected chi connectivity index (χ0v) is 9.60. The SMILES string of the molecule is CCC(CC)(CO)NC(=O)c1ccnnc1. The molecule has 0 saturated heterocycles. The number of rotatable bonds is 5. The van der Waals surface area contributed by atoms with Crippen molar-refractivity contribution >= 4 is 5.91 Å². The normalized spacial score (nSPS) is 11.2. The van der Waals surface area contributed by atoms with E-state index in [9.17, 15) is 9.90 Å². The van der Waals surface area contributed by atoms with Gasteiger partial charge in [-0.15, -0.1) is 0 Å². The third kappa shape index (κ3) is 2.76. The second-order valence-corrected chi connectivity index (χ2v) is 3.73. The molecular formula is C11H17N3O2. The average Bonchev–Trinajstić information content (AvgIpc) is 2.37. The summed E-state index contributed by atoms with van der Waals surface area (Å²) in [5.41, 5.74) is -0.0879. The Morgan fingerprint density at radius 3 is 2.56 bits per heavy atom. The summed E-state index contributed by atoms with van der Waals surface area (Å²) in [5, 5.41) is 19.4. The highest BCUT2D eigenvalue weighted by molar-refractivity contribution is 5.94. The monoisotopic (exact) mass is 223 g/mol. The number of aromatic nitrogens is 2. The topological polar surface area (TPSA) is 75.1 Å². The van der Waals surface area contributed by atoms with Gasteiger partial charge in [0.1, 0.15) is 0 Å². The highest BCUT2D eigenvalue weighted by Crippen LogP contribution is 2.14. The molecule has 1 amide bonds. The molecule has 0 spiro atoms. The van der Waals surface area contributed by atoms with Gasteiger partial charge in [-0.25, -0.2) is 0 Å². The molecule has 1 aromatic heterocycles. The molecular weight excluding hydrogens is 206 g/mol. The molecule has 16 heavy (non-hydrogen) atoms. The van der Waals surface area contributed by atoms with Crippen LogP contribution in [0.3, 0.4) is 0 Å². The lowest BCUT2D eigenvalue weighted by molar-refractivity contribution is 0.0817. The molecule has 0 radical (unpaired) electrons. The van der Waals surface area contributed by atoms with Gasteiger partial charge in [-0.2, -0.15) is 10.2 Å². The van der Waals surface area contributed by atoms with E-state index in [1.807, 2.05) is 13.8 Å². The fourth-order valence-corrected chi connectivity index (χ4v) is 1.43. The van der Waals surface area contributed by atoms with Crippen molar-refractivity contribution in [3.63, 3.8) is 0 Å². The molecule has 1 rings (SSSR count). The molecule has 1 heterocycles. The van der Waals surface area contributed by atoms with Crippen molar-refractivity contribution in [2.75, 3.05) is 6.61 Å². The molecule has 0 aliphatic rings. The van der Waals surface area contributed by atoms with Crippen LogP contribution in [-0.2, 0) is 0 Å². The minimum absolute atomic E-state index is 0.0652. The summed E-state index contributed by atoms with van der Waals surface area (Å²) in [6.07, 6.45) is 4.24. The summed E-state index contributed by atoms with van der Waals surface area (Å²) < 4.78 is 0. The summed E-state index contributed by atoms with van der Waals surface area (Å²) in [4.78, 5) is 11.8. The van der Waals surface area contributed by atoms with Gasteiger partial charge in [0.25, 0.3) is 5.91 Å². The van der Waals surface area contributed by atoms with Crippen LogP contribution in [0.15, 0.2) is 18.5 Å². The first-order valence-corrected chi connectivity index (χ1v) is 5.37. The van der Waals surface area contributed by atoms with Crippen LogP contribution in [0.5, 0.6) is 0 Å². The number of hydrogen-bond acceptors (Lipinski definition) is 4. The van der Waals surface area contributed by atoms with Gasteiger partial charge in [-0.05, 0) is 18.9 Å². The molecule has 0 aliphatic carbocycles. The molecule has 0 atom stereocenters.